The van der Waals surface area contributed by atoms with Crippen LogP contribution in [0, 0.1) is 17.7 Å². The van der Waals surface area contributed by atoms with Crippen molar-refractivity contribution < 1.29 is 9.18 Å². The van der Waals surface area contributed by atoms with Crippen LogP contribution in [0.1, 0.15) is 56.2 Å². The lowest BCUT2D eigenvalue weighted by Gasteiger charge is -2.23. The van der Waals surface area contributed by atoms with Crippen LogP contribution in [0.4, 0.5) is 4.39 Å². The predicted molar refractivity (Wildman–Crippen MR) is 110 cm³/mol. The van der Waals surface area contributed by atoms with Gasteiger partial charge in [-0.15, -0.1) is 0 Å². The van der Waals surface area contributed by atoms with Crippen LogP contribution in [-0.4, -0.2) is 22.4 Å². The largest absolute Gasteiger partial charge is 0.356 e. The summed E-state index contributed by atoms with van der Waals surface area (Å²) in [5.74, 6) is 0.764. The average Bonchev–Trinajstić information content (AvgIpc) is 2.96. The number of amides is 1. The Morgan fingerprint density at radius 3 is 2.55 bits per heavy atom. The number of nitrogens with zero attached hydrogens (tertiary/aromatic N) is 1. The molecule has 1 saturated carbocycles. The van der Waals surface area contributed by atoms with Gasteiger partial charge in [0.2, 0.25) is 5.91 Å². The van der Waals surface area contributed by atoms with E-state index < -0.39 is 0 Å². The van der Waals surface area contributed by atoms with Gasteiger partial charge >= 0.3 is 0 Å². The van der Waals surface area contributed by atoms with Gasteiger partial charge in [-0.25, -0.2) is 9.37 Å². The Kier molecular flexibility index (Phi) is 6.07. The predicted octanol–water partition coefficient (Wildman–Crippen LogP) is 3.77. The third-order valence-corrected chi connectivity index (χ3v) is 6.35. The maximum Gasteiger partial charge on any atom is 0.254 e. The van der Waals surface area contributed by atoms with Crippen molar-refractivity contribution in [3.05, 3.63) is 51.7 Å². The van der Waals surface area contributed by atoms with E-state index in [4.69, 9.17) is 0 Å². The van der Waals surface area contributed by atoms with Gasteiger partial charge in [0, 0.05) is 23.6 Å². The second-order valence-corrected chi connectivity index (χ2v) is 8.37. The smallest absolute Gasteiger partial charge is 0.254 e. The molecule has 2 aromatic rings. The fourth-order valence-corrected chi connectivity index (χ4v) is 4.57. The Morgan fingerprint density at radius 1 is 1.07 bits per heavy atom. The molecule has 0 bridgehead atoms. The molecular formula is C23H28FN3O2. The van der Waals surface area contributed by atoms with E-state index in [1.165, 1.54) is 44.2 Å². The zero-order valence-corrected chi connectivity index (χ0v) is 16.7. The molecular weight excluding hydrogens is 369 g/mol. The van der Waals surface area contributed by atoms with Crippen molar-refractivity contribution in [1.82, 2.24) is 15.3 Å². The number of carbonyl (C=O) groups is 1. The lowest BCUT2D eigenvalue weighted by molar-refractivity contribution is -0.125. The van der Waals surface area contributed by atoms with Crippen LogP contribution in [0.15, 0.2) is 29.1 Å². The minimum Gasteiger partial charge on any atom is -0.356 e. The third kappa shape index (κ3) is 4.74. The minimum atomic E-state index is -0.326. The van der Waals surface area contributed by atoms with Crippen LogP contribution in [0.25, 0.3) is 11.4 Å². The lowest BCUT2D eigenvalue weighted by Crippen LogP contribution is -2.35. The van der Waals surface area contributed by atoms with Crippen LogP contribution in [-0.2, 0) is 17.6 Å². The molecule has 5 nitrogen and oxygen atoms in total. The SMILES string of the molecule is O=C(NCC1CCCCC1)C1CCc2nc(-c3ccc(F)cc3)[nH]c(=O)c2CC1. The quantitative estimate of drug-likeness (QED) is 0.772. The second-order valence-electron chi connectivity index (χ2n) is 8.37. The van der Waals surface area contributed by atoms with Gasteiger partial charge in [0.05, 0.1) is 5.69 Å². The van der Waals surface area contributed by atoms with Crippen LogP contribution < -0.4 is 10.9 Å². The molecule has 0 spiro atoms. The van der Waals surface area contributed by atoms with E-state index in [9.17, 15) is 14.0 Å². The highest BCUT2D eigenvalue weighted by Crippen LogP contribution is 2.25. The zero-order chi connectivity index (χ0) is 20.2. The van der Waals surface area contributed by atoms with Crippen molar-refractivity contribution in [2.45, 2.75) is 57.8 Å². The molecule has 2 aliphatic carbocycles. The van der Waals surface area contributed by atoms with E-state index in [1.54, 1.807) is 12.1 Å². The van der Waals surface area contributed by atoms with Gasteiger partial charge in [-0.3, -0.25) is 9.59 Å². The molecule has 1 heterocycles. The Balaban J connectivity index is 1.43. The van der Waals surface area contributed by atoms with Crippen molar-refractivity contribution in [3.63, 3.8) is 0 Å². The number of hydrogen-bond acceptors (Lipinski definition) is 3. The summed E-state index contributed by atoms with van der Waals surface area (Å²) in [6, 6.07) is 5.93. The van der Waals surface area contributed by atoms with E-state index >= 15 is 0 Å². The number of aryl methyl sites for hydroxylation is 1. The summed E-state index contributed by atoms with van der Waals surface area (Å²) in [5, 5.41) is 3.15. The Bertz CT molecular complexity index is 917. The van der Waals surface area contributed by atoms with Crippen molar-refractivity contribution in [2.24, 2.45) is 11.8 Å². The second kappa shape index (κ2) is 8.89. The topological polar surface area (TPSA) is 74.8 Å². The number of fused-ring (bicyclic) bond motifs is 1. The number of aromatic nitrogens is 2. The molecule has 29 heavy (non-hydrogen) atoms. The molecule has 1 unspecified atom stereocenters. The van der Waals surface area contributed by atoms with E-state index in [0.717, 1.165) is 12.2 Å². The van der Waals surface area contributed by atoms with E-state index in [2.05, 4.69) is 15.3 Å². The number of nitrogens with one attached hydrogen (secondary N) is 2. The van der Waals surface area contributed by atoms with Gasteiger partial charge in [-0.05, 0) is 68.7 Å². The van der Waals surface area contributed by atoms with Gasteiger partial charge in [-0.1, -0.05) is 19.3 Å². The Labute approximate surface area is 170 Å². The summed E-state index contributed by atoms with van der Waals surface area (Å²) in [5.41, 5.74) is 1.96. The molecule has 1 atom stereocenters. The van der Waals surface area contributed by atoms with Crippen LogP contribution in [0.3, 0.4) is 0 Å². The molecule has 1 fully saturated rings. The fraction of sp³-hybridized carbons (Fsp3) is 0.522. The molecule has 2 N–H and O–H groups in total. The summed E-state index contributed by atoms with van der Waals surface area (Å²) >= 11 is 0. The van der Waals surface area contributed by atoms with Crippen LogP contribution in [0.5, 0.6) is 0 Å². The third-order valence-electron chi connectivity index (χ3n) is 6.35. The molecule has 6 heteroatoms. The highest BCUT2D eigenvalue weighted by Gasteiger charge is 2.26. The highest BCUT2D eigenvalue weighted by atomic mass is 19.1. The maximum atomic E-state index is 13.2. The fourth-order valence-electron chi connectivity index (χ4n) is 4.57. The van der Waals surface area contributed by atoms with Crippen molar-refractivity contribution in [1.29, 1.82) is 0 Å². The first-order valence-electron chi connectivity index (χ1n) is 10.8. The Morgan fingerprint density at radius 2 is 1.79 bits per heavy atom. The number of benzene rings is 1. The molecule has 1 aromatic carbocycles. The molecule has 154 valence electrons. The maximum absolute atomic E-state index is 13.2. The van der Waals surface area contributed by atoms with Crippen molar-refractivity contribution in [3.8, 4) is 11.4 Å². The van der Waals surface area contributed by atoms with E-state index in [-0.39, 0.29) is 23.2 Å². The molecule has 0 saturated heterocycles. The number of rotatable bonds is 4. The van der Waals surface area contributed by atoms with Crippen LogP contribution >= 0.6 is 0 Å². The molecule has 2 aliphatic rings. The summed E-state index contributed by atoms with van der Waals surface area (Å²) in [6.45, 7) is 0.774. The van der Waals surface area contributed by atoms with E-state index in [1.807, 2.05) is 0 Å². The number of aromatic amines is 1. The summed E-state index contributed by atoms with van der Waals surface area (Å²) in [7, 11) is 0. The standard InChI is InChI=1S/C23H28FN3O2/c24-18-10-6-16(7-11-18)21-26-20-13-9-17(8-12-19(20)23(29)27-21)22(28)25-14-15-4-2-1-3-5-15/h6-7,10-11,15,17H,1-5,8-9,12-14H2,(H,25,28)(H,26,27,29). The van der Waals surface area contributed by atoms with Gasteiger partial charge in [0.25, 0.3) is 5.56 Å². The first-order valence-corrected chi connectivity index (χ1v) is 10.8. The van der Waals surface area contributed by atoms with Gasteiger partial charge in [0.1, 0.15) is 11.6 Å². The molecule has 1 amide bonds. The molecule has 1 aromatic heterocycles. The summed E-state index contributed by atoms with van der Waals surface area (Å²) < 4.78 is 13.2. The molecule has 0 aliphatic heterocycles. The molecule has 0 radical (unpaired) electrons. The van der Waals surface area contributed by atoms with E-state index in [0.29, 0.717) is 48.6 Å². The summed E-state index contributed by atoms with van der Waals surface area (Å²) in [6.07, 6.45) is 8.80. The Hall–Kier alpha value is -2.50. The number of carbonyl (C=O) groups excluding carboxylic acids is 1. The van der Waals surface area contributed by atoms with Gasteiger partial charge < -0.3 is 10.3 Å². The summed E-state index contributed by atoms with van der Waals surface area (Å²) in [4.78, 5) is 32.8. The minimum absolute atomic E-state index is 0.0820. The number of hydrogen-bond donors (Lipinski definition) is 2. The molecule has 4 rings (SSSR count). The number of H-pyrrole nitrogens is 1. The van der Waals surface area contributed by atoms with Crippen molar-refractivity contribution in [2.75, 3.05) is 6.54 Å². The first-order chi connectivity index (χ1) is 14.1. The van der Waals surface area contributed by atoms with Crippen LogP contribution in [0.2, 0.25) is 0 Å². The highest BCUT2D eigenvalue weighted by molar-refractivity contribution is 5.78. The number of halogens is 1. The van der Waals surface area contributed by atoms with Gasteiger partial charge in [0.15, 0.2) is 0 Å². The van der Waals surface area contributed by atoms with Gasteiger partial charge in [-0.2, -0.15) is 0 Å². The monoisotopic (exact) mass is 397 g/mol. The normalized spacial score (nSPS) is 20.0. The van der Waals surface area contributed by atoms with Crippen molar-refractivity contribution >= 4 is 5.91 Å². The first kappa shape index (κ1) is 19.8. The zero-order valence-electron chi connectivity index (χ0n) is 16.7. The average molecular weight is 397 g/mol. The lowest BCUT2D eigenvalue weighted by atomic mass is 9.89.